The molecule has 4 nitrogen and oxygen atoms in total. The average Bonchev–Trinajstić information content (AvgIpc) is 2.11. The van der Waals surface area contributed by atoms with Crippen molar-refractivity contribution in [3.05, 3.63) is 23.8 Å². The second kappa shape index (κ2) is 4.25. The van der Waals surface area contributed by atoms with Crippen LogP contribution < -0.4 is 10.5 Å². The molecule has 0 atom stereocenters. The van der Waals surface area contributed by atoms with Gasteiger partial charge in [0.05, 0.1) is 10.9 Å². The summed E-state index contributed by atoms with van der Waals surface area (Å²) in [5.41, 5.74) is 4.61. The fourth-order valence-corrected chi connectivity index (χ4v) is 1.70. The lowest BCUT2D eigenvalue weighted by atomic mass is 10.2. The summed E-state index contributed by atoms with van der Waals surface area (Å²) in [6.07, 6.45) is 0. The van der Waals surface area contributed by atoms with Gasteiger partial charge in [-0.3, -0.25) is 4.72 Å². The van der Waals surface area contributed by atoms with Gasteiger partial charge in [0.1, 0.15) is 11.5 Å². The van der Waals surface area contributed by atoms with Gasteiger partial charge in [-0.2, -0.15) is 0 Å². The fraction of sp³-hybridized carbons (Fsp3) is 0.333. The van der Waals surface area contributed by atoms with Gasteiger partial charge in [-0.05, 0) is 19.9 Å². The second-order valence-electron chi connectivity index (χ2n) is 3.55. The minimum atomic E-state index is -3.70. The maximum absolute atomic E-state index is 13.3. The molecule has 0 spiro atoms. The summed E-state index contributed by atoms with van der Waals surface area (Å²) in [4.78, 5) is 0. The summed E-state index contributed by atoms with van der Waals surface area (Å²) in [5, 5.41) is -0.739. The van der Waals surface area contributed by atoms with Crippen molar-refractivity contribution in [2.24, 2.45) is 0 Å². The monoisotopic (exact) mass is 250 g/mol. The van der Waals surface area contributed by atoms with E-state index in [1.54, 1.807) is 0 Å². The maximum atomic E-state index is 13.3. The normalized spacial score (nSPS) is 11.8. The van der Waals surface area contributed by atoms with E-state index >= 15 is 0 Å². The molecule has 16 heavy (non-hydrogen) atoms. The first-order valence-electron chi connectivity index (χ1n) is 4.50. The molecule has 1 aromatic carbocycles. The van der Waals surface area contributed by atoms with Crippen LogP contribution in [0.4, 0.5) is 20.2 Å². The molecule has 0 aliphatic rings. The molecule has 0 aromatic heterocycles. The molecule has 0 saturated carbocycles. The predicted octanol–water partition coefficient (Wildman–Crippen LogP) is 1.70. The number of sulfonamides is 1. The van der Waals surface area contributed by atoms with Crippen molar-refractivity contribution >= 4 is 21.4 Å². The van der Waals surface area contributed by atoms with Crippen molar-refractivity contribution in [2.45, 2.75) is 19.1 Å². The number of hydrogen-bond acceptors (Lipinski definition) is 3. The molecule has 3 N–H and O–H groups in total. The summed E-state index contributed by atoms with van der Waals surface area (Å²) < 4.78 is 50.9. The molecule has 90 valence electrons. The summed E-state index contributed by atoms with van der Waals surface area (Å²) >= 11 is 0. The van der Waals surface area contributed by atoms with Crippen molar-refractivity contribution < 1.29 is 17.2 Å². The quantitative estimate of drug-likeness (QED) is 0.802. The van der Waals surface area contributed by atoms with Gasteiger partial charge >= 0.3 is 0 Å². The van der Waals surface area contributed by atoms with Gasteiger partial charge in [0.25, 0.3) is 0 Å². The fourth-order valence-electron chi connectivity index (χ4n) is 0.961. The highest BCUT2D eigenvalue weighted by molar-refractivity contribution is 7.93. The third-order valence-electron chi connectivity index (χ3n) is 1.95. The van der Waals surface area contributed by atoms with E-state index < -0.39 is 32.6 Å². The van der Waals surface area contributed by atoms with E-state index in [0.29, 0.717) is 6.07 Å². The zero-order valence-electron chi connectivity index (χ0n) is 8.79. The van der Waals surface area contributed by atoms with Crippen molar-refractivity contribution in [1.29, 1.82) is 0 Å². The predicted molar refractivity (Wildman–Crippen MR) is 58.4 cm³/mol. The Balaban J connectivity index is 3.17. The Hall–Kier alpha value is -1.37. The third kappa shape index (κ3) is 2.60. The van der Waals surface area contributed by atoms with E-state index in [9.17, 15) is 17.2 Å². The number of hydrogen-bond donors (Lipinski definition) is 2. The van der Waals surface area contributed by atoms with Crippen LogP contribution in [0.25, 0.3) is 0 Å². The van der Waals surface area contributed by atoms with Gasteiger partial charge in [-0.1, -0.05) is 0 Å². The van der Waals surface area contributed by atoms with Gasteiger partial charge in [0.15, 0.2) is 5.82 Å². The number of nitrogen functional groups attached to an aromatic ring is 1. The van der Waals surface area contributed by atoms with Gasteiger partial charge in [0, 0.05) is 6.07 Å². The number of benzene rings is 1. The van der Waals surface area contributed by atoms with E-state index in [1.807, 2.05) is 4.72 Å². The van der Waals surface area contributed by atoms with Crippen LogP contribution in [0.2, 0.25) is 0 Å². The number of halogens is 2. The van der Waals surface area contributed by atoms with Gasteiger partial charge in [0.2, 0.25) is 10.0 Å². The van der Waals surface area contributed by atoms with Crippen molar-refractivity contribution in [1.82, 2.24) is 0 Å². The third-order valence-corrected chi connectivity index (χ3v) is 3.68. The Morgan fingerprint density at radius 1 is 1.31 bits per heavy atom. The van der Waals surface area contributed by atoms with E-state index in [-0.39, 0.29) is 5.69 Å². The van der Waals surface area contributed by atoms with E-state index in [2.05, 4.69) is 0 Å². The van der Waals surface area contributed by atoms with E-state index in [0.717, 1.165) is 6.07 Å². The van der Waals surface area contributed by atoms with Crippen LogP contribution >= 0.6 is 0 Å². The average molecular weight is 250 g/mol. The maximum Gasteiger partial charge on any atom is 0.235 e. The topological polar surface area (TPSA) is 72.2 Å². The molecule has 0 saturated heterocycles. The highest BCUT2D eigenvalue weighted by atomic mass is 32.2. The molecule has 0 radical (unpaired) electrons. The zero-order valence-corrected chi connectivity index (χ0v) is 9.61. The number of rotatable bonds is 3. The van der Waals surface area contributed by atoms with Gasteiger partial charge in [-0.25, -0.2) is 17.2 Å². The molecular weight excluding hydrogens is 238 g/mol. The minimum absolute atomic E-state index is 0.290. The molecule has 1 rings (SSSR count). The highest BCUT2D eigenvalue weighted by Crippen LogP contribution is 2.25. The van der Waals surface area contributed by atoms with Crippen LogP contribution in [0.5, 0.6) is 0 Å². The van der Waals surface area contributed by atoms with E-state index in [4.69, 9.17) is 5.73 Å². The Kier molecular flexibility index (Phi) is 3.37. The van der Waals surface area contributed by atoms with Crippen molar-refractivity contribution in [2.75, 3.05) is 10.5 Å². The minimum Gasteiger partial charge on any atom is -0.397 e. The zero-order chi connectivity index (χ0) is 12.5. The van der Waals surface area contributed by atoms with Crippen LogP contribution in [-0.2, 0) is 10.0 Å². The Morgan fingerprint density at radius 2 is 1.88 bits per heavy atom. The number of nitrogens with one attached hydrogen (secondary N) is 1. The smallest absolute Gasteiger partial charge is 0.235 e. The molecule has 0 amide bonds. The van der Waals surface area contributed by atoms with Crippen LogP contribution in [-0.4, -0.2) is 13.7 Å². The highest BCUT2D eigenvalue weighted by Gasteiger charge is 2.19. The molecule has 0 bridgehead atoms. The first-order valence-corrected chi connectivity index (χ1v) is 6.05. The van der Waals surface area contributed by atoms with Crippen molar-refractivity contribution in [3.8, 4) is 0 Å². The van der Waals surface area contributed by atoms with Crippen LogP contribution in [0, 0.1) is 11.6 Å². The summed E-state index contributed by atoms with van der Waals surface area (Å²) in [6.45, 7) is 2.86. The number of nitrogens with two attached hydrogens (primary N) is 1. The summed E-state index contributed by atoms with van der Waals surface area (Å²) in [7, 11) is -3.70. The molecule has 0 fully saturated rings. The second-order valence-corrected chi connectivity index (χ2v) is 5.78. The van der Waals surface area contributed by atoms with Crippen LogP contribution in [0.15, 0.2) is 12.1 Å². The van der Waals surface area contributed by atoms with Gasteiger partial charge in [-0.15, -0.1) is 0 Å². The molecule has 7 heteroatoms. The molecule has 0 aliphatic carbocycles. The standard InChI is InChI=1S/C9H12F2N2O2S/c1-5(2)16(14,15)13-9-7(11)3-6(10)4-8(9)12/h3-5,13H,12H2,1-2H3. The molecular formula is C9H12F2N2O2S. The summed E-state index contributed by atoms with van der Waals surface area (Å²) in [6, 6.07) is 1.41. The van der Waals surface area contributed by atoms with E-state index in [1.165, 1.54) is 13.8 Å². The first-order chi connectivity index (χ1) is 7.24. The molecule has 0 heterocycles. The summed E-state index contributed by atoms with van der Waals surface area (Å²) in [5.74, 6) is -1.90. The molecule has 1 aromatic rings. The lowest BCUT2D eigenvalue weighted by molar-refractivity contribution is 0.581. The first kappa shape index (κ1) is 12.7. The molecule has 0 aliphatic heterocycles. The van der Waals surface area contributed by atoms with Crippen LogP contribution in [0.1, 0.15) is 13.8 Å². The lowest BCUT2D eigenvalue weighted by Crippen LogP contribution is -2.23. The largest absolute Gasteiger partial charge is 0.397 e. The molecule has 0 unspecified atom stereocenters. The Labute approximate surface area is 92.5 Å². The number of anilines is 2. The lowest BCUT2D eigenvalue weighted by Gasteiger charge is -2.13. The van der Waals surface area contributed by atoms with Crippen molar-refractivity contribution in [3.63, 3.8) is 0 Å². The SMILES string of the molecule is CC(C)S(=O)(=O)Nc1c(N)cc(F)cc1F. The Morgan fingerprint density at radius 3 is 2.31 bits per heavy atom. The Bertz CT molecular complexity index is 477. The van der Waals surface area contributed by atoms with Crippen LogP contribution in [0.3, 0.4) is 0 Å². The van der Waals surface area contributed by atoms with Gasteiger partial charge < -0.3 is 5.73 Å².